The SMILES string of the molecule is [2H]c1c([2H])c([2H])c(-c2c([2H])c([2H])c3c(sc4c([2H])c([2H])c([2H])c(-n5c6c([2H])cc(-c7c([2H])c([2H])c8c(c7[2H])c7c([2H])c([2H])c([2H])c([2H])c7n8-c7ccccc7)c([2H])c6c6c([2H])c([2H])c([2H])c([2H])c65)c43)c2[2H])c([2H])c1[2H]. The average molecular weight is 691 g/mol. The van der Waals surface area contributed by atoms with Gasteiger partial charge in [-0.05, 0) is 88.8 Å². The van der Waals surface area contributed by atoms with Crippen molar-refractivity contribution >= 4 is 75.1 Å². The Labute approximate surface area is 332 Å². The molecule has 0 unspecified atom stereocenters. The van der Waals surface area contributed by atoms with Crippen molar-refractivity contribution in [2.75, 3.05) is 0 Å². The van der Waals surface area contributed by atoms with E-state index >= 15 is 0 Å². The van der Waals surface area contributed by atoms with Crippen molar-refractivity contribution in [3.8, 4) is 33.6 Å². The number of fused-ring (bicyclic) bond motifs is 9. The molecule has 11 rings (SSSR count). The minimum Gasteiger partial charge on any atom is -0.309 e. The van der Waals surface area contributed by atoms with E-state index in [2.05, 4.69) is 0 Å². The Hall–Kier alpha value is -6.42. The van der Waals surface area contributed by atoms with E-state index in [0.29, 0.717) is 17.0 Å². The second-order valence-electron chi connectivity index (χ2n) is 11.5. The highest BCUT2D eigenvalue weighted by atomic mass is 32.1. The molecule has 0 aliphatic heterocycles. The van der Waals surface area contributed by atoms with Crippen LogP contribution in [0, 0.1) is 0 Å². The fourth-order valence-corrected chi connectivity index (χ4v) is 7.52. The summed E-state index contributed by atoms with van der Waals surface area (Å²) in [6.45, 7) is 0. The van der Waals surface area contributed by atoms with Crippen LogP contribution < -0.4 is 0 Å². The van der Waals surface area contributed by atoms with Crippen LogP contribution in [0.2, 0.25) is 0 Å². The summed E-state index contributed by atoms with van der Waals surface area (Å²) in [6.07, 6.45) is 0. The summed E-state index contributed by atoms with van der Waals surface area (Å²) in [5.74, 6) is 0. The molecular formula is C48H30N2S. The first kappa shape index (κ1) is 13.7. The van der Waals surface area contributed by atoms with Gasteiger partial charge in [-0.1, -0.05) is 115 Å². The summed E-state index contributed by atoms with van der Waals surface area (Å²) >= 11 is 0.653. The van der Waals surface area contributed by atoms with Crippen LogP contribution in [0.1, 0.15) is 32.9 Å². The van der Waals surface area contributed by atoms with Crippen LogP contribution in [-0.4, -0.2) is 9.13 Å². The number of hydrogen-bond donors (Lipinski definition) is 0. The Balaban J connectivity index is 1.31. The van der Waals surface area contributed by atoms with E-state index in [0.717, 1.165) is 10.6 Å². The number of para-hydroxylation sites is 3. The van der Waals surface area contributed by atoms with Crippen LogP contribution in [0.15, 0.2) is 181 Å². The van der Waals surface area contributed by atoms with Crippen LogP contribution >= 0.6 is 11.3 Å². The van der Waals surface area contributed by atoms with Gasteiger partial charge in [0.15, 0.2) is 0 Å². The molecule has 0 saturated carbocycles. The van der Waals surface area contributed by atoms with Crippen LogP contribution in [-0.2, 0) is 0 Å². The van der Waals surface area contributed by atoms with Gasteiger partial charge in [0.1, 0.15) is 0 Å². The zero-order valence-electron chi connectivity index (χ0n) is 49.8. The van der Waals surface area contributed by atoms with E-state index in [4.69, 9.17) is 17.8 Å². The quantitative estimate of drug-likeness (QED) is 0.174. The summed E-state index contributed by atoms with van der Waals surface area (Å²) in [6, 6.07) is -7.35. The van der Waals surface area contributed by atoms with E-state index in [1.165, 1.54) is 4.57 Å². The minimum atomic E-state index is -0.812. The van der Waals surface area contributed by atoms with Gasteiger partial charge < -0.3 is 9.13 Å². The van der Waals surface area contributed by atoms with Gasteiger partial charge in [0.2, 0.25) is 0 Å². The molecule has 0 aliphatic rings. The summed E-state index contributed by atoms with van der Waals surface area (Å²) in [5, 5.41) is -1.73. The third-order valence-electron chi connectivity index (χ3n) is 8.68. The number of rotatable bonds is 4. The van der Waals surface area contributed by atoms with Gasteiger partial charge >= 0.3 is 0 Å². The molecule has 3 heterocycles. The molecule has 8 aromatic carbocycles. The van der Waals surface area contributed by atoms with Gasteiger partial charge in [-0.15, -0.1) is 11.3 Å². The van der Waals surface area contributed by atoms with E-state index in [1.807, 2.05) is 0 Å². The van der Waals surface area contributed by atoms with E-state index in [1.54, 1.807) is 30.3 Å². The molecule has 51 heavy (non-hydrogen) atoms. The van der Waals surface area contributed by atoms with Crippen molar-refractivity contribution in [1.29, 1.82) is 0 Å². The summed E-state index contributed by atoms with van der Waals surface area (Å²) in [4.78, 5) is 0. The Morgan fingerprint density at radius 2 is 1.04 bits per heavy atom. The average Bonchev–Trinajstić information content (AvgIpc) is 4.09. The molecule has 0 amide bonds. The predicted molar refractivity (Wildman–Crippen MR) is 219 cm³/mol. The standard InChI is InChI=1S/C48H30N2S/c1-3-12-31(13-4-1)34-22-25-38-47(30-34)51-46-21-11-20-45(48(38)46)50-42-19-10-8-17-37(42)40-29-33(24-27-44(40)50)32-23-26-43-39(28-32)36-16-7-9-18-41(36)49(43)35-14-5-2-6-15-35/h1-30H/i1D,3D,4D,7D,8D,9D,10D,11D,12D,13D,16D,17D,18D,19D,20D,21D,22D,23D,25D,26D,27D,28D,29D,30D. The molecular weight excluding hydrogens is 637 g/mol. The maximum Gasteiger partial charge on any atom is 0.0645 e. The number of nitrogens with zero attached hydrogens (tertiary/aromatic N) is 2. The lowest BCUT2D eigenvalue weighted by Crippen LogP contribution is -1.94. The highest BCUT2D eigenvalue weighted by Gasteiger charge is 2.19. The van der Waals surface area contributed by atoms with Crippen LogP contribution in [0.3, 0.4) is 0 Å². The molecule has 0 spiro atoms. The van der Waals surface area contributed by atoms with Crippen molar-refractivity contribution in [3.63, 3.8) is 0 Å². The van der Waals surface area contributed by atoms with Crippen LogP contribution in [0.25, 0.3) is 97.4 Å². The van der Waals surface area contributed by atoms with E-state index < -0.39 is 189 Å². The first-order valence-corrected chi connectivity index (χ1v) is 16.3. The highest BCUT2D eigenvalue weighted by molar-refractivity contribution is 7.26. The number of benzene rings is 8. The van der Waals surface area contributed by atoms with E-state index in [-0.39, 0.29) is 47.5 Å². The van der Waals surface area contributed by atoms with Gasteiger partial charge in [-0.3, -0.25) is 0 Å². The van der Waals surface area contributed by atoms with Crippen molar-refractivity contribution in [2.45, 2.75) is 0 Å². The normalized spacial score (nSPS) is 18.5. The summed E-state index contributed by atoms with van der Waals surface area (Å²) in [5.41, 5.74) is -3.13. The van der Waals surface area contributed by atoms with Crippen molar-refractivity contribution in [3.05, 3.63) is 181 Å². The molecule has 3 heteroatoms. The fourth-order valence-electron chi connectivity index (χ4n) is 6.51. The Morgan fingerprint density at radius 1 is 0.392 bits per heavy atom. The highest BCUT2D eigenvalue weighted by Crippen LogP contribution is 2.43. The molecule has 0 N–H and O–H groups in total. The monoisotopic (exact) mass is 690 g/mol. The lowest BCUT2D eigenvalue weighted by Gasteiger charge is -2.11. The van der Waals surface area contributed by atoms with Crippen molar-refractivity contribution in [1.82, 2.24) is 9.13 Å². The minimum absolute atomic E-state index is 0.107. The van der Waals surface area contributed by atoms with Crippen molar-refractivity contribution in [2.24, 2.45) is 0 Å². The molecule has 11 aromatic rings. The molecule has 238 valence electrons. The van der Waals surface area contributed by atoms with Crippen LogP contribution in [0.5, 0.6) is 0 Å². The third-order valence-corrected chi connectivity index (χ3v) is 9.70. The third kappa shape index (κ3) is 4.29. The molecule has 0 bridgehead atoms. The lowest BCUT2D eigenvalue weighted by atomic mass is 10.0. The molecule has 0 aliphatic carbocycles. The maximum atomic E-state index is 9.94. The van der Waals surface area contributed by atoms with Gasteiger partial charge in [0.05, 0.1) is 60.7 Å². The number of aromatic nitrogens is 2. The number of thiophene rings is 1. The van der Waals surface area contributed by atoms with Gasteiger partial charge in [-0.25, -0.2) is 0 Å². The first-order chi connectivity index (χ1) is 35.3. The smallest absolute Gasteiger partial charge is 0.0645 e. The Bertz CT molecular complexity index is 4490. The molecule has 0 saturated heterocycles. The van der Waals surface area contributed by atoms with Crippen molar-refractivity contribution < 1.29 is 32.9 Å². The van der Waals surface area contributed by atoms with Crippen LogP contribution in [0.4, 0.5) is 0 Å². The van der Waals surface area contributed by atoms with Gasteiger partial charge in [0.25, 0.3) is 0 Å². The number of hydrogen-bond acceptors (Lipinski definition) is 1. The Morgan fingerprint density at radius 3 is 1.84 bits per heavy atom. The lowest BCUT2D eigenvalue weighted by molar-refractivity contribution is 1.18. The zero-order chi connectivity index (χ0) is 54.4. The molecule has 2 nitrogen and oxygen atoms in total. The zero-order valence-corrected chi connectivity index (χ0v) is 26.6. The van der Waals surface area contributed by atoms with Gasteiger partial charge in [0, 0.05) is 47.4 Å². The summed E-state index contributed by atoms with van der Waals surface area (Å²) < 4.78 is 219. The second-order valence-corrected chi connectivity index (χ2v) is 12.5. The molecule has 0 fully saturated rings. The first-order valence-electron chi connectivity index (χ1n) is 27.5. The van der Waals surface area contributed by atoms with Gasteiger partial charge in [-0.2, -0.15) is 0 Å². The van der Waals surface area contributed by atoms with E-state index in [9.17, 15) is 15.1 Å². The Kier molecular flexibility index (Phi) is 2.97. The molecule has 0 atom stereocenters. The largest absolute Gasteiger partial charge is 0.309 e. The second kappa shape index (κ2) is 11.0. The predicted octanol–water partition coefficient (Wildman–Crippen LogP) is 13.6. The maximum absolute atomic E-state index is 9.94. The molecule has 0 radical (unpaired) electrons. The fraction of sp³-hybridized carbons (Fsp3) is 0. The summed E-state index contributed by atoms with van der Waals surface area (Å²) in [7, 11) is 0. The topological polar surface area (TPSA) is 9.86 Å². The molecule has 3 aromatic heterocycles.